The molecule has 1 N–H and O–H groups in total. The number of hydrogen-bond donors (Lipinski definition) is 1. The van der Waals surface area contributed by atoms with E-state index in [1.165, 1.54) is 0 Å². The lowest BCUT2D eigenvalue weighted by atomic mass is 9.94. The summed E-state index contributed by atoms with van der Waals surface area (Å²) in [7, 11) is 0. The van der Waals surface area contributed by atoms with Gasteiger partial charge < -0.3 is 10.1 Å². The van der Waals surface area contributed by atoms with Crippen LogP contribution in [0.1, 0.15) is 26.7 Å². The summed E-state index contributed by atoms with van der Waals surface area (Å²) in [5.41, 5.74) is -0.0306. The van der Waals surface area contributed by atoms with E-state index < -0.39 is 0 Å². The molecule has 88 valence electrons. The zero-order chi connectivity index (χ0) is 11.6. The van der Waals surface area contributed by atoms with Crippen LogP contribution in [0.3, 0.4) is 0 Å². The highest BCUT2D eigenvalue weighted by Crippen LogP contribution is 2.27. The standard InChI is InChI=1S/C12H17BrN2O/c1-12(2)8-9(5-7-16-12)15-11-10(13)4-3-6-14-11/h3-4,6,9H,5,7-8H2,1-2H3,(H,14,15). The lowest BCUT2D eigenvalue weighted by Gasteiger charge is -2.36. The smallest absolute Gasteiger partial charge is 0.140 e. The van der Waals surface area contributed by atoms with E-state index in [2.05, 4.69) is 40.1 Å². The minimum atomic E-state index is -0.0306. The van der Waals surface area contributed by atoms with Gasteiger partial charge in [0.25, 0.3) is 0 Å². The quantitative estimate of drug-likeness (QED) is 0.906. The van der Waals surface area contributed by atoms with E-state index in [0.29, 0.717) is 6.04 Å². The third-order valence-corrected chi connectivity index (χ3v) is 3.44. The number of ether oxygens (including phenoxy) is 1. The van der Waals surface area contributed by atoms with E-state index in [4.69, 9.17) is 4.74 Å². The number of hydrogen-bond acceptors (Lipinski definition) is 3. The van der Waals surface area contributed by atoms with E-state index >= 15 is 0 Å². The van der Waals surface area contributed by atoms with Crippen molar-refractivity contribution in [2.45, 2.75) is 38.3 Å². The molecule has 0 bridgehead atoms. The van der Waals surface area contributed by atoms with Crippen molar-refractivity contribution in [2.75, 3.05) is 11.9 Å². The Morgan fingerprint density at radius 2 is 2.38 bits per heavy atom. The fraction of sp³-hybridized carbons (Fsp3) is 0.583. The van der Waals surface area contributed by atoms with Crippen molar-refractivity contribution in [3.63, 3.8) is 0 Å². The summed E-state index contributed by atoms with van der Waals surface area (Å²) in [6.07, 6.45) is 3.85. The predicted molar refractivity (Wildman–Crippen MR) is 68.6 cm³/mol. The highest BCUT2D eigenvalue weighted by atomic mass is 79.9. The second-order valence-electron chi connectivity index (χ2n) is 4.78. The Morgan fingerprint density at radius 3 is 3.06 bits per heavy atom. The molecule has 0 saturated carbocycles. The Kier molecular flexibility index (Phi) is 3.50. The minimum absolute atomic E-state index is 0.0306. The summed E-state index contributed by atoms with van der Waals surface area (Å²) in [5.74, 6) is 0.921. The molecule has 0 amide bonds. The number of nitrogens with one attached hydrogen (secondary N) is 1. The van der Waals surface area contributed by atoms with Crippen LogP contribution >= 0.6 is 15.9 Å². The van der Waals surface area contributed by atoms with Crippen LogP contribution < -0.4 is 5.32 Å². The van der Waals surface area contributed by atoms with Crippen molar-refractivity contribution in [1.29, 1.82) is 0 Å². The Hall–Kier alpha value is -0.610. The first-order valence-electron chi connectivity index (χ1n) is 5.58. The van der Waals surface area contributed by atoms with Crippen LogP contribution in [-0.4, -0.2) is 23.2 Å². The van der Waals surface area contributed by atoms with Gasteiger partial charge in [-0.3, -0.25) is 0 Å². The van der Waals surface area contributed by atoms with Crippen molar-refractivity contribution in [2.24, 2.45) is 0 Å². The summed E-state index contributed by atoms with van der Waals surface area (Å²) in [6.45, 7) is 5.08. The van der Waals surface area contributed by atoms with Crippen molar-refractivity contribution in [3.05, 3.63) is 22.8 Å². The highest BCUT2D eigenvalue weighted by Gasteiger charge is 2.29. The molecule has 4 heteroatoms. The third-order valence-electron chi connectivity index (χ3n) is 2.80. The van der Waals surface area contributed by atoms with Crippen molar-refractivity contribution >= 4 is 21.7 Å². The monoisotopic (exact) mass is 284 g/mol. The highest BCUT2D eigenvalue weighted by molar-refractivity contribution is 9.10. The van der Waals surface area contributed by atoms with Gasteiger partial charge in [-0.1, -0.05) is 0 Å². The molecule has 1 fully saturated rings. The van der Waals surface area contributed by atoms with E-state index in [1.54, 1.807) is 6.20 Å². The average molecular weight is 285 g/mol. The maximum Gasteiger partial charge on any atom is 0.140 e. The number of nitrogens with zero attached hydrogens (tertiary/aromatic N) is 1. The van der Waals surface area contributed by atoms with Gasteiger partial charge in [-0.25, -0.2) is 4.98 Å². The number of pyridine rings is 1. The van der Waals surface area contributed by atoms with Gasteiger partial charge in [0.2, 0.25) is 0 Å². The lowest BCUT2D eigenvalue weighted by Crippen LogP contribution is -2.40. The molecule has 1 atom stereocenters. The summed E-state index contributed by atoms with van der Waals surface area (Å²) in [4.78, 5) is 4.32. The van der Waals surface area contributed by atoms with Gasteiger partial charge >= 0.3 is 0 Å². The van der Waals surface area contributed by atoms with E-state index in [1.807, 2.05) is 12.1 Å². The van der Waals surface area contributed by atoms with Crippen molar-refractivity contribution in [3.8, 4) is 0 Å². The zero-order valence-corrected chi connectivity index (χ0v) is 11.3. The van der Waals surface area contributed by atoms with Crippen LogP contribution in [-0.2, 0) is 4.74 Å². The van der Waals surface area contributed by atoms with Gasteiger partial charge in [-0.2, -0.15) is 0 Å². The first kappa shape index (κ1) is 11.9. The zero-order valence-electron chi connectivity index (χ0n) is 9.66. The molecule has 0 aliphatic carbocycles. The summed E-state index contributed by atoms with van der Waals surface area (Å²) >= 11 is 3.50. The number of rotatable bonds is 2. The summed E-state index contributed by atoms with van der Waals surface area (Å²) in [5, 5.41) is 3.47. The fourth-order valence-corrected chi connectivity index (χ4v) is 2.41. The van der Waals surface area contributed by atoms with Crippen LogP contribution in [0.4, 0.5) is 5.82 Å². The molecule has 1 aromatic rings. The van der Waals surface area contributed by atoms with Crippen molar-refractivity contribution in [1.82, 2.24) is 4.98 Å². The van der Waals surface area contributed by atoms with Gasteiger partial charge in [0.05, 0.1) is 10.1 Å². The molecule has 2 heterocycles. The first-order valence-corrected chi connectivity index (χ1v) is 6.37. The molecule has 1 aliphatic heterocycles. The molecule has 2 rings (SSSR count). The molecular weight excluding hydrogens is 268 g/mol. The molecule has 1 aromatic heterocycles. The van der Waals surface area contributed by atoms with Crippen LogP contribution in [0.2, 0.25) is 0 Å². The Morgan fingerprint density at radius 1 is 1.56 bits per heavy atom. The normalized spacial score (nSPS) is 24.1. The Labute approximate surface area is 105 Å². The van der Waals surface area contributed by atoms with Crippen LogP contribution in [0.5, 0.6) is 0 Å². The molecule has 3 nitrogen and oxygen atoms in total. The molecule has 1 saturated heterocycles. The van der Waals surface area contributed by atoms with Gasteiger partial charge in [0, 0.05) is 18.8 Å². The second kappa shape index (κ2) is 4.72. The van der Waals surface area contributed by atoms with Gasteiger partial charge in [-0.15, -0.1) is 0 Å². The largest absolute Gasteiger partial charge is 0.375 e. The van der Waals surface area contributed by atoms with E-state index in [-0.39, 0.29) is 5.60 Å². The summed E-state index contributed by atoms with van der Waals surface area (Å²) < 4.78 is 6.70. The summed E-state index contributed by atoms with van der Waals surface area (Å²) in [6, 6.07) is 4.36. The Bertz CT molecular complexity index is 368. The second-order valence-corrected chi connectivity index (χ2v) is 5.63. The average Bonchev–Trinajstić information content (AvgIpc) is 2.20. The first-order chi connectivity index (χ1) is 7.57. The maximum absolute atomic E-state index is 5.69. The van der Waals surface area contributed by atoms with E-state index in [9.17, 15) is 0 Å². The van der Waals surface area contributed by atoms with Crippen LogP contribution in [0.15, 0.2) is 22.8 Å². The molecular formula is C12H17BrN2O. The topological polar surface area (TPSA) is 34.2 Å². The van der Waals surface area contributed by atoms with E-state index in [0.717, 1.165) is 29.7 Å². The maximum atomic E-state index is 5.69. The SMILES string of the molecule is CC1(C)CC(Nc2ncccc2Br)CCO1. The van der Waals surface area contributed by atoms with Crippen molar-refractivity contribution < 1.29 is 4.74 Å². The lowest BCUT2D eigenvalue weighted by molar-refractivity contribution is -0.0553. The third kappa shape index (κ3) is 2.95. The number of halogens is 1. The molecule has 0 aromatic carbocycles. The molecule has 16 heavy (non-hydrogen) atoms. The van der Waals surface area contributed by atoms with Gasteiger partial charge in [-0.05, 0) is 54.8 Å². The predicted octanol–water partition coefficient (Wildman–Crippen LogP) is 3.21. The minimum Gasteiger partial charge on any atom is -0.375 e. The van der Waals surface area contributed by atoms with Gasteiger partial charge in [0.1, 0.15) is 5.82 Å². The molecule has 1 unspecified atom stereocenters. The Balaban J connectivity index is 2.02. The number of anilines is 1. The fourth-order valence-electron chi connectivity index (χ4n) is 2.04. The number of aromatic nitrogens is 1. The molecule has 0 radical (unpaired) electrons. The van der Waals surface area contributed by atoms with Crippen LogP contribution in [0.25, 0.3) is 0 Å². The van der Waals surface area contributed by atoms with Crippen LogP contribution in [0, 0.1) is 0 Å². The molecule has 0 spiro atoms. The van der Waals surface area contributed by atoms with Gasteiger partial charge in [0.15, 0.2) is 0 Å². The molecule has 1 aliphatic rings.